The van der Waals surface area contributed by atoms with Crippen molar-refractivity contribution in [2.45, 2.75) is 13.1 Å². The van der Waals surface area contributed by atoms with Crippen LogP contribution in [-0.2, 0) is 0 Å². The number of benzene rings is 1. The molecule has 3 heteroatoms. The van der Waals surface area contributed by atoms with E-state index in [-0.39, 0.29) is 0 Å². The molecule has 0 spiro atoms. The lowest BCUT2D eigenvalue weighted by atomic mass is 10.4. The van der Waals surface area contributed by atoms with E-state index in [1.807, 2.05) is 12.1 Å². The van der Waals surface area contributed by atoms with Crippen molar-refractivity contribution in [3.63, 3.8) is 0 Å². The van der Waals surface area contributed by atoms with Gasteiger partial charge in [-0.3, -0.25) is 0 Å². The Balaban J connectivity index is 2.96. The molecule has 0 amide bonds. The van der Waals surface area contributed by atoms with E-state index >= 15 is 0 Å². The molecule has 0 unspecified atom stereocenters. The predicted octanol–water partition coefficient (Wildman–Crippen LogP) is 1.75. The summed E-state index contributed by atoms with van der Waals surface area (Å²) < 4.78 is 0. The van der Waals surface area contributed by atoms with Crippen LogP contribution in [0, 0.1) is 0 Å². The fraction of sp³-hybridized carbons (Fsp3) is 0.333. The van der Waals surface area contributed by atoms with Crippen LogP contribution in [0.5, 0.6) is 0 Å². The van der Waals surface area contributed by atoms with Gasteiger partial charge in [-0.1, -0.05) is 42.0 Å². The van der Waals surface area contributed by atoms with Gasteiger partial charge in [0.05, 0.1) is 8.07 Å². The highest BCUT2D eigenvalue weighted by Crippen LogP contribution is 2.07. The molecule has 0 aliphatic rings. The van der Waals surface area contributed by atoms with Crippen LogP contribution in [0.1, 0.15) is 0 Å². The number of rotatable bonds is 2. The summed E-state index contributed by atoms with van der Waals surface area (Å²) in [5, 5.41) is 2.16. The third kappa shape index (κ3) is 2.09. The van der Waals surface area contributed by atoms with Crippen LogP contribution in [0.15, 0.2) is 24.3 Å². The summed E-state index contributed by atoms with van der Waals surface area (Å²) in [7, 11) is -1.36. The lowest BCUT2D eigenvalue weighted by Gasteiger charge is -2.20. The summed E-state index contributed by atoms with van der Waals surface area (Å²) in [5.74, 6) is 0. The van der Waals surface area contributed by atoms with Gasteiger partial charge in [-0.25, -0.2) is 0 Å². The van der Waals surface area contributed by atoms with Crippen molar-refractivity contribution in [1.82, 2.24) is 0 Å². The van der Waals surface area contributed by atoms with Gasteiger partial charge in [0.1, 0.15) is 0 Å². The fourth-order valence-corrected chi connectivity index (χ4v) is 2.45. The van der Waals surface area contributed by atoms with Crippen LogP contribution in [0.25, 0.3) is 0 Å². The van der Waals surface area contributed by atoms with Gasteiger partial charge in [-0.05, 0) is 18.3 Å². The molecule has 1 nitrogen and oxygen atoms in total. The number of halogens is 1. The van der Waals surface area contributed by atoms with Gasteiger partial charge < -0.3 is 5.73 Å². The zero-order valence-electron chi connectivity index (χ0n) is 7.47. The second kappa shape index (κ2) is 3.60. The summed E-state index contributed by atoms with van der Waals surface area (Å²) in [4.78, 5) is 0. The average molecular weight is 200 g/mol. The van der Waals surface area contributed by atoms with Gasteiger partial charge in [-0.15, -0.1) is 0 Å². The lowest BCUT2D eigenvalue weighted by Crippen LogP contribution is -2.48. The molecule has 0 saturated heterocycles. The van der Waals surface area contributed by atoms with E-state index in [0.29, 0.717) is 0 Å². The lowest BCUT2D eigenvalue weighted by molar-refractivity contribution is 1.31. The Morgan fingerprint density at radius 3 is 2.17 bits per heavy atom. The molecule has 0 aromatic heterocycles. The maximum absolute atomic E-state index is 5.79. The van der Waals surface area contributed by atoms with E-state index in [1.54, 1.807) is 0 Å². The predicted molar refractivity (Wildman–Crippen MR) is 57.6 cm³/mol. The molecule has 0 radical (unpaired) electrons. The Labute approximate surface area is 79.6 Å². The maximum Gasteiger partial charge on any atom is 0.0942 e. The Hall–Kier alpha value is -0.313. The maximum atomic E-state index is 5.79. The molecular formula is C9H14ClNSi. The van der Waals surface area contributed by atoms with Crippen LogP contribution in [0.2, 0.25) is 18.1 Å². The standard InChI is InChI=1S/C9H14ClNSi/c1-12(2,7-11)9-5-3-8(10)4-6-9/h3-6H,7,11H2,1-2H3. The zero-order chi connectivity index (χ0) is 9.19. The van der Waals surface area contributed by atoms with Crippen molar-refractivity contribution in [3.8, 4) is 0 Å². The van der Waals surface area contributed by atoms with Crippen molar-refractivity contribution in [2.75, 3.05) is 6.17 Å². The third-order valence-corrected chi connectivity index (χ3v) is 5.30. The normalized spacial score (nSPS) is 11.7. The first kappa shape index (κ1) is 9.77. The highest BCUT2D eigenvalue weighted by atomic mass is 35.5. The summed E-state index contributed by atoms with van der Waals surface area (Å²) in [6.45, 7) is 4.52. The Kier molecular flexibility index (Phi) is 2.93. The first-order chi connectivity index (χ1) is 5.56. The third-order valence-electron chi connectivity index (χ3n) is 2.14. The first-order valence-corrected chi connectivity index (χ1v) is 7.61. The summed E-state index contributed by atoms with van der Waals surface area (Å²) in [6, 6.07) is 8.03. The van der Waals surface area contributed by atoms with Crippen molar-refractivity contribution in [3.05, 3.63) is 29.3 Å². The molecule has 2 N–H and O–H groups in total. The molecule has 1 aromatic carbocycles. The minimum atomic E-state index is -1.36. The molecular weight excluding hydrogens is 186 g/mol. The second-order valence-corrected chi connectivity index (χ2v) is 8.78. The monoisotopic (exact) mass is 199 g/mol. The molecule has 0 aliphatic carbocycles. The second-order valence-electron chi connectivity index (χ2n) is 3.59. The smallest absolute Gasteiger partial charge is 0.0942 e. The van der Waals surface area contributed by atoms with Crippen LogP contribution in [-0.4, -0.2) is 14.2 Å². The molecule has 12 heavy (non-hydrogen) atoms. The van der Waals surface area contributed by atoms with Crippen LogP contribution < -0.4 is 10.9 Å². The number of hydrogen-bond donors (Lipinski definition) is 1. The van der Waals surface area contributed by atoms with Gasteiger partial charge in [0.2, 0.25) is 0 Å². The fourth-order valence-electron chi connectivity index (χ4n) is 1.02. The summed E-state index contributed by atoms with van der Waals surface area (Å²) in [6.07, 6.45) is 0.786. The van der Waals surface area contributed by atoms with Crippen molar-refractivity contribution in [2.24, 2.45) is 5.73 Å². The highest BCUT2D eigenvalue weighted by Gasteiger charge is 2.20. The van der Waals surface area contributed by atoms with Gasteiger partial charge in [0, 0.05) is 5.02 Å². The van der Waals surface area contributed by atoms with Crippen molar-refractivity contribution in [1.29, 1.82) is 0 Å². The number of nitrogens with two attached hydrogens (primary N) is 1. The molecule has 0 atom stereocenters. The topological polar surface area (TPSA) is 26.0 Å². The van der Waals surface area contributed by atoms with Gasteiger partial charge in [0.15, 0.2) is 0 Å². The van der Waals surface area contributed by atoms with Crippen molar-refractivity contribution < 1.29 is 0 Å². The molecule has 1 aromatic rings. The minimum absolute atomic E-state index is 0.786. The van der Waals surface area contributed by atoms with Gasteiger partial charge in [0.25, 0.3) is 0 Å². The average Bonchev–Trinajstić information content (AvgIpc) is 2.05. The van der Waals surface area contributed by atoms with E-state index in [4.69, 9.17) is 17.3 Å². The van der Waals surface area contributed by atoms with Crippen molar-refractivity contribution >= 4 is 24.9 Å². The molecule has 66 valence electrons. The minimum Gasteiger partial charge on any atom is -0.333 e. The highest BCUT2D eigenvalue weighted by molar-refractivity contribution is 6.89. The zero-order valence-corrected chi connectivity index (χ0v) is 9.23. The SMILES string of the molecule is C[Si](C)(CN)c1ccc(Cl)cc1. The van der Waals surface area contributed by atoms with Gasteiger partial charge >= 0.3 is 0 Å². The van der Waals surface area contributed by atoms with E-state index in [1.165, 1.54) is 5.19 Å². The quantitative estimate of drug-likeness (QED) is 0.722. The Morgan fingerprint density at radius 2 is 1.75 bits per heavy atom. The summed E-state index contributed by atoms with van der Waals surface area (Å²) in [5.41, 5.74) is 5.71. The van der Waals surface area contributed by atoms with Crippen LogP contribution in [0.4, 0.5) is 0 Å². The van der Waals surface area contributed by atoms with Gasteiger partial charge in [-0.2, -0.15) is 0 Å². The first-order valence-electron chi connectivity index (χ1n) is 4.02. The molecule has 0 bridgehead atoms. The van der Waals surface area contributed by atoms with E-state index in [2.05, 4.69) is 25.2 Å². The molecule has 0 fully saturated rings. The Morgan fingerprint density at radius 1 is 1.25 bits per heavy atom. The molecule has 0 heterocycles. The van der Waals surface area contributed by atoms with E-state index in [9.17, 15) is 0 Å². The summed E-state index contributed by atoms with van der Waals surface area (Å²) >= 11 is 5.79. The largest absolute Gasteiger partial charge is 0.333 e. The van der Waals surface area contributed by atoms with E-state index in [0.717, 1.165) is 11.2 Å². The Bertz CT molecular complexity index is 256. The molecule has 0 aliphatic heterocycles. The molecule has 1 rings (SSSR count). The van der Waals surface area contributed by atoms with Crippen LogP contribution in [0.3, 0.4) is 0 Å². The van der Waals surface area contributed by atoms with E-state index < -0.39 is 8.07 Å². The molecule has 0 saturated carbocycles. The number of hydrogen-bond acceptors (Lipinski definition) is 1. The van der Waals surface area contributed by atoms with Crippen LogP contribution >= 0.6 is 11.6 Å².